The van der Waals surface area contributed by atoms with Gasteiger partial charge in [-0.25, -0.2) is 0 Å². The summed E-state index contributed by atoms with van der Waals surface area (Å²) in [5.41, 5.74) is 2.68. The summed E-state index contributed by atoms with van der Waals surface area (Å²) in [5, 5.41) is 3.11. The number of hydrogen-bond donors (Lipinski definition) is 1. The topological polar surface area (TPSA) is 29.1 Å². The number of aryl methyl sites for hydroxylation is 2. The fourth-order valence-corrected chi connectivity index (χ4v) is 2.71. The number of nitrogens with one attached hydrogen (secondary N) is 1. The van der Waals surface area contributed by atoms with E-state index in [4.69, 9.17) is 11.6 Å². The lowest BCUT2D eigenvalue weighted by Crippen LogP contribution is -2.55. The Labute approximate surface area is 107 Å². The molecule has 0 bridgehead atoms. The van der Waals surface area contributed by atoms with Crippen LogP contribution in [0.5, 0.6) is 0 Å². The molecule has 2 rings (SSSR count). The zero-order valence-electron chi connectivity index (χ0n) is 10.3. The van der Waals surface area contributed by atoms with Crippen LogP contribution in [0, 0.1) is 13.8 Å². The molecule has 1 amide bonds. The van der Waals surface area contributed by atoms with Crippen molar-refractivity contribution >= 4 is 17.5 Å². The van der Waals surface area contributed by atoms with Gasteiger partial charge in [-0.2, -0.15) is 0 Å². The monoisotopic (exact) mass is 251 g/mol. The Bertz CT molecular complexity index is 412. The Morgan fingerprint density at radius 2 is 1.94 bits per heavy atom. The summed E-state index contributed by atoms with van der Waals surface area (Å²) in [7, 11) is 0. The third kappa shape index (κ3) is 2.32. The van der Waals surface area contributed by atoms with Crippen LogP contribution in [0.1, 0.15) is 40.7 Å². The first-order chi connectivity index (χ1) is 8.08. The van der Waals surface area contributed by atoms with Gasteiger partial charge in [-0.3, -0.25) is 4.79 Å². The van der Waals surface area contributed by atoms with Crippen molar-refractivity contribution in [2.45, 2.75) is 38.6 Å². The number of carbonyl (C=O) groups excluding carboxylic acids is 1. The summed E-state index contributed by atoms with van der Waals surface area (Å²) < 4.78 is 0. The lowest BCUT2D eigenvalue weighted by molar-refractivity contribution is 0.0852. The summed E-state index contributed by atoms with van der Waals surface area (Å²) in [6.45, 7) is 3.94. The molecule has 17 heavy (non-hydrogen) atoms. The van der Waals surface area contributed by atoms with E-state index in [1.54, 1.807) is 0 Å². The average Bonchev–Trinajstić information content (AvgIpc) is 2.23. The van der Waals surface area contributed by atoms with Crippen molar-refractivity contribution in [3.8, 4) is 0 Å². The van der Waals surface area contributed by atoms with Crippen LogP contribution in [0.3, 0.4) is 0 Å². The first-order valence-corrected chi connectivity index (χ1v) is 6.56. The summed E-state index contributed by atoms with van der Waals surface area (Å²) in [5.74, 6) is 0.518. The molecule has 1 aliphatic carbocycles. The molecule has 0 radical (unpaired) electrons. The Morgan fingerprint density at radius 1 is 1.35 bits per heavy atom. The van der Waals surface area contributed by atoms with E-state index in [0.717, 1.165) is 36.0 Å². The van der Waals surface area contributed by atoms with Gasteiger partial charge < -0.3 is 5.32 Å². The zero-order valence-corrected chi connectivity index (χ0v) is 11.1. The van der Waals surface area contributed by atoms with E-state index in [1.807, 2.05) is 32.0 Å². The van der Waals surface area contributed by atoms with Crippen LogP contribution in [-0.2, 0) is 0 Å². The van der Waals surface area contributed by atoms with E-state index in [1.165, 1.54) is 0 Å². The van der Waals surface area contributed by atoms with Gasteiger partial charge in [0, 0.05) is 11.4 Å². The maximum atomic E-state index is 12.3. The van der Waals surface area contributed by atoms with E-state index in [9.17, 15) is 4.79 Å². The van der Waals surface area contributed by atoms with Gasteiger partial charge in [0.2, 0.25) is 0 Å². The molecule has 2 nitrogen and oxygen atoms in total. The molecular formula is C14H18ClNO. The SMILES string of the molecule is Cc1cccc(C)c1C(=O)NC1(CCl)CCC1. The summed E-state index contributed by atoms with van der Waals surface area (Å²) >= 11 is 5.96. The van der Waals surface area contributed by atoms with Crippen LogP contribution in [0.25, 0.3) is 0 Å². The van der Waals surface area contributed by atoms with Gasteiger partial charge in [0.1, 0.15) is 0 Å². The third-order valence-corrected chi connectivity index (χ3v) is 4.16. The lowest BCUT2D eigenvalue weighted by Gasteiger charge is -2.41. The quantitative estimate of drug-likeness (QED) is 0.822. The Kier molecular flexibility index (Phi) is 3.43. The molecule has 0 atom stereocenters. The minimum absolute atomic E-state index is 0.0148. The van der Waals surface area contributed by atoms with Crippen molar-refractivity contribution in [2.24, 2.45) is 0 Å². The van der Waals surface area contributed by atoms with Gasteiger partial charge in [0.25, 0.3) is 5.91 Å². The highest BCUT2D eigenvalue weighted by atomic mass is 35.5. The molecule has 0 spiro atoms. The number of amides is 1. The highest BCUT2D eigenvalue weighted by molar-refractivity contribution is 6.19. The van der Waals surface area contributed by atoms with E-state index in [-0.39, 0.29) is 11.4 Å². The van der Waals surface area contributed by atoms with Gasteiger partial charge in [0.15, 0.2) is 0 Å². The average molecular weight is 252 g/mol. The number of benzene rings is 1. The highest BCUT2D eigenvalue weighted by Crippen LogP contribution is 2.33. The molecule has 0 heterocycles. The van der Waals surface area contributed by atoms with E-state index in [2.05, 4.69) is 5.32 Å². The standard InChI is InChI=1S/C14H18ClNO/c1-10-5-3-6-11(2)12(10)13(17)16-14(9-15)7-4-8-14/h3,5-6H,4,7-9H2,1-2H3,(H,16,17). The number of hydrogen-bond acceptors (Lipinski definition) is 1. The molecule has 1 aromatic rings. The smallest absolute Gasteiger partial charge is 0.252 e. The molecule has 1 aromatic carbocycles. The van der Waals surface area contributed by atoms with E-state index in [0.29, 0.717) is 5.88 Å². The summed E-state index contributed by atoms with van der Waals surface area (Å²) in [6, 6.07) is 5.91. The second-order valence-corrected chi connectivity index (χ2v) is 5.26. The third-order valence-electron chi connectivity index (χ3n) is 3.65. The molecular weight excluding hydrogens is 234 g/mol. The molecule has 0 unspecified atom stereocenters. The van der Waals surface area contributed by atoms with Gasteiger partial charge >= 0.3 is 0 Å². The van der Waals surface area contributed by atoms with Gasteiger partial charge in [-0.1, -0.05) is 18.2 Å². The van der Waals surface area contributed by atoms with Crippen molar-refractivity contribution < 1.29 is 4.79 Å². The summed E-state index contributed by atoms with van der Waals surface area (Å²) in [4.78, 5) is 12.3. The number of halogens is 1. The van der Waals surface area contributed by atoms with Crippen LogP contribution in [-0.4, -0.2) is 17.3 Å². The fourth-order valence-electron chi connectivity index (χ4n) is 2.37. The molecule has 1 fully saturated rings. The van der Waals surface area contributed by atoms with Gasteiger partial charge in [-0.15, -0.1) is 11.6 Å². The Hall–Kier alpha value is -1.02. The predicted octanol–water partition coefficient (Wildman–Crippen LogP) is 3.19. The van der Waals surface area contributed by atoms with E-state index >= 15 is 0 Å². The number of alkyl halides is 1. The maximum absolute atomic E-state index is 12.3. The molecule has 92 valence electrons. The molecule has 0 aliphatic heterocycles. The second kappa shape index (κ2) is 4.69. The highest BCUT2D eigenvalue weighted by Gasteiger charge is 2.37. The fraction of sp³-hybridized carbons (Fsp3) is 0.500. The molecule has 1 aliphatic rings. The van der Waals surface area contributed by atoms with Crippen molar-refractivity contribution in [3.63, 3.8) is 0 Å². The largest absolute Gasteiger partial charge is 0.345 e. The van der Waals surface area contributed by atoms with Crippen LogP contribution >= 0.6 is 11.6 Å². The minimum atomic E-state index is -0.159. The van der Waals surface area contributed by atoms with Gasteiger partial charge in [-0.05, 0) is 44.2 Å². The van der Waals surface area contributed by atoms with Crippen molar-refractivity contribution in [2.75, 3.05) is 5.88 Å². The Morgan fingerprint density at radius 3 is 2.35 bits per heavy atom. The van der Waals surface area contributed by atoms with Crippen molar-refractivity contribution in [1.29, 1.82) is 0 Å². The van der Waals surface area contributed by atoms with Crippen molar-refractivity contribution in [1.82, 2.24) is 5.32 Å². The normalized spacial score (nSPS) is 17.4. The van der Waals surface area contributed by atoms with Crippen LogP contribution in [0.2, 0.25) is 0 Å². The van der Waals surface area contributed by atoms with Gasteiger partial charge in [0.05, 0.1) is 5.54 Å². The Balaban J connectivity index is 2.20. The minimum Gasteiger partial charge on any atom is -0.345 e. The zero-order chi connectivity index (χ0) is 12.5. The lowest BCUT2D eigenvalue weighted by atomic mass is 9.78. The molecule has 0 aromatic heterocycles. The van der Waals surface area contributed by atoms with Crippen LogP contribution < -0.4 is 5.32 Å². The van der Waals surface area contributed by atoms with Crippen LogP contribution in [0.4, 0.5) is 0 Å². The molecule has 1 saturated carbocycles. The first-order valence-electron chi connectivity index (χ1n) is 6.03. The van der Waals surface area contributed by atoms with Crippen molar-refractivity contribution in [3.05, 3.63) is 34.9 Å². The first kappa shape index (κ1) is 12.4. The molecule has 0 saturated heterocycles. The number of rotatable bonds is 3. The molecule has 3 heteroatoms. The van der Waals surface area contributed by atoms with Crippen LogP contribution in [0.15, 0.2) is 18.2 Å². The number of carbonyl (C=O) groups is 1. The van der Waals surface area contributed by atoms with E-state index < -0.39 is 0 Å². The maximum Gasteiger partial charge on any atom is 0.252 e. The summed E-state index contributed by atoms with van der Waals surface area (Å²) in [6.07, 6.45) is 3.14. The second-order valence-electron chi connectivity index (χ2n) is 4.99. The predicted molar refractivity (Wildman–Crippen MR) is 70.7 cm³/mol. The molecule has 1 N–H and O–H groups in total.